The largest absolute Gasteiger partial charge is 0.480 e. The smallest absolute Gasteiger partial charge is 0.321 e. The Labute approximate surface area is 99.9 Å². The molecule has 0 unspecified atom stereocenters. The first-order valence-electron chi connectivity index (χ1n) is 5.24. The Bertz CT molecular complexity index is 350. The normalized spacial score (nSPS) is 20.8. The zero-order chi connectivity index (χ0) is 12.9. The van der Waals surface area contributed by atoms with Gasteiger partial charge in [0.15, 0.2) is 0 Å². The molecule has 0 spiro atoms. The van der Waals surface area contributed by atoms with Crippen molar-refractivity contribution in [3.63, 3.8) is 0 Å². The average Bonchev–Trinajstić information content (AvgIpc) is 2.54. The first-order valence-corrected chi connectivity index (χ1v) is 6.68. The summed E-state index contributed by atoms with van der Waals surface area (Å²) in [5.41, 5.74) is 5.21. The van der Waals surface area contributed by atoms with Gasteiger partial charge in [-0.3, -0.25) is 4.79 Å². The number of hydrogen-bond acceptors (Lipinski definition) is 5. The lowest BCUT2D eigenvalue weighted by molar-refractivity contribution is -0.138. The molecule has 0 bridgehead atoms. The lowest BCUT2D eigenvalue weighted by Crippen LogP contribution is -2.48. The van der Waals surface area contributed by atoms with Gasteiger partial charge in [-0.2, -0.15) is 17.4 Å². The summed E-state index contributed by atoms with van der Waals surface area (Å²) in [6, 6.07) is -1.24. The Balaban J connectivity index is 2.52. The highest BCUT2D eigenvalue weighted by atomic mass is 32.2. The second-order valence-corrected chi connectivity index (χ2v) is 5.42. The molecule has 1 heterocycles. The van der Waals surface area contributed by atoms with Gasteiger partial charge in [0.25, 0.3) is 10.2 Å². The molecular formula is C8H17N3O5S. The van der Waals surface area contributed by atoms with Crippen molar-refractivity contribution in [2.45, 2.75) is 12.5 Å². The van der Waals surface area contributed by atoms with Gasteiger partial charge >= 0.3 is 5.97 Å². The van der Waals surface area contributed by atoms with Gasteiger partial charge in [0.05, 0.1) is 6.61 Å². The van der Waals surface area contributed by atoms with Gasteiger partial charge in [0.2, 0.25) is 0 Å². The summed E-state index contributed by atoms with van der Waals surface area (Å²) in [4.78, 5) is 10.5. The number of carboxylic acid groups (broad SMARTS) is 1. The van der Waals surface area contributed by atoms with Crippen LogP contribution >= 0.6 is 0 Å². The van der Waals surface area contributed by atoms with Crippen molar-refractivity contribution >= 4 is 16.2 Å². The number of nitrogens with zero attached hydrogens (tertiary/aromatic N) is 1. The fraction of sp³-hybridized carbons (Fsp3) is 0.875. The van der Waals surface area contributed by atoms with Gasteiger partial charge in [0, 0.05) is 26.2 Å². The molecule has 0 aromatic carbocycles. The van der Waals surface area contributed by atoms with Crippen LogP contribution in [-0.4, -0.2) is 62.7 Å². The van der Waals surface area contributed by atoms with Crippen LogP contribution in [0.15, 0.2) is 0 Å². The van der Waals surface area contributed by atoms with Gasteiger partial charge in [-0.1, -0.05) is 0 Å². The van der Waals surface area contributed by atoms with Crippen molar-refractivity contribution in [1.82, 2.24) is 9.03 Å². The third-order valence-corrected chi connectivity index (χ3v) is 3.90. The molecule has 1 aliphatic heterocycles. The third kappa shape index (κ3) is 4.56. The van der Waals surface area contributed by atoms with Crippen molar-refractivity contribution in [2.75, 3.05) is 32.8 Å². The molecule has 4 N–H and O–H groups in total. The SMILES string of the molecule is N[C@@H](CNS(=O)(=O)N1CCCOCC1)C(=O)O. The average molecular weight is 267 g/mol. The molecule has 1 atom stereocenters. The maximum absolute atomic E-state index is 11.8. The zero-order valence-corrected chi connectivity index (χ0v) is 10.1. The van der Waals surface area contributed by atoms with E-state index in [4.69, 9.17) is 15.6 Å². The standard InChI is InChI=1S/C8H17N3O5S/c9-7(8(12)13)6-10-17(14,15)11-2-1-4-16-5-3-11/h7,10H,1-6,9H2,(H,12,13)/t7-/m0/s1. The van der Waals surface area contributed by atoms with E-state index in [0.717, 1.165) is 0 Å². The van der Waals surface area contributed by atoms with Crippen LogP contribution < -0.4 is 10.5 Å². The quantitative estimate of drug-likeness (QED) is 0.527. The monoisotopic (exact) mass is 267 g/mol. The Hall–Kier alpha value is -0.740. The second kappa shape index (κ2) is 6.26. The third-order valence-electron chi connectivity index (χ3n) is 2.32. The maximum atomic E-state index is 11.8. The molecule has 0 radical (unpaired) electrons. The lowest BCUT2D eigenvalue weighted by Gasteiger charge is -2.20. The predicted molar refractivity (Wildman–Crippen MR) is 59.5 cm³/mol. The lowest BCUT2D eigenvalue weighted by atomic mass is 10.3. The van der Waals surface area contributed by atoms with Gasteiger partial charge < -0.3 is 15.6 Å². The van der Waals surface area contributed by atoms with Crippen LogP contribution in [0.1, 0.15) is 6.42 Å². The molecule has 17 heavy (non-hydrogen) atoms. The van der Waals surface area contributed by atoms with Crippen LogP contribution in [0.2, 0.25) is 0 Å². The van der Waals surface area contributed by atoms with Crippen LogP contribution in [0.3, 0.4) is 0 Å². The Morgan fingerprint density at radius 2 is 2.18 bits per heavy atom. The van der Waals surface area contributed by atoms with E-state index in [1.165, 1.54) is 4.31 Å². The Kier molecular flexibility index (Phi) is 5.28. The number of hydrogen-bond donors (Lipinski definition) is 3. The van der Waals surface area contributed by atoms with E-state index in [-0.39, 0.29) is 13.1 Å². The van der Waals surface area contributed by atoms with E-state index in [1.807, 2.05) is 0 Å². The number of carboxylic acids is 1. The van der Waals surface area contributed by atoms with Crippen molar-refractivity contribution in [3.8, 4) is 0 Å². The minimum absolute atomic E-state index is 0.262. The molecule has 8 nitrogen and oxygen atoms in total. The summed E-state index contributed by atoms with van der Waals surface area (Å²) < 4.78 is 32.1. The number of rotatable bonds is 5. The minimum atomic E-state index is -3.68. The molecule has 1 saturated heterocycles. The predicted octanol–water partition coefficient (Wildman–Crippen LogP) is -2.04. The molecule has 0 amide bonds. The van der Waals surface area contributed by atoms with Crippen molar-refractivity contribution in [1.29, 1.82) is 0 Å². The summed E-state index contributed by atoms with van der Waals surface area (Å²) in [7, 11) is -3.68. The first-order chi connectivity index (χ1) is 7.93. The van der Waals surface area contributed by atoms with Crippen molar-refractivity contribution in [2.24, 2.45) is 5.73 Å². The summed E-state index contributed by atoms with van der Waals surface area (Å²) in [6.45, 7) is 1.16. The van der Waals surface area contributed by atoms with Gasteiger partial charge in [0.1, 0.15) is 6.04 Å². The number of nitrogens with one attached hydrogen (secondary N) is 1. The van der Waals surface area contributed by atoms with Gasteiger partial charge in [-0.15, -0.1) is 0 Å². The number of carbonyl (C=O) groups is 1. The van der Waals surface area contributed by atoms with E-state index in [9.17, 15) is 13.2 Å². The van der Waals surface area contributed by atoms with Crippen LogP contribution in [0.25, 0.3) is 0 Å². The molecule has 1 fully saturated rings. The Morgan fingerprint density at radius 3 is 2.82 bits per heavy atom. The van der Waals surface area contributed by atoms with Gasteiger partial charge in [-0.05, 0) is 6.42 Å². The zero-order valence-electron chi connectivity index (χ0n) is 9.33. The highest BCUT2D eigenvalue weighted by Crippen LogP contribution is 2.04. The van der Waals surface area contributed by atoms with Crippen LogP contribution in [-0.2, 0) is 19.7 Å². The van der Waals surface area contributed by atoms with Crippen LogP contribution in [0, 0.1) is 0 Å². The van der Waals surface area contributed by atoms with Gasteiger partial charge in [-0.25, -0.2) is 0 Å². The number of aliphatic carboxylic acids is 1. The van der Waals surface area contributed by atoms with E-state index >= 15 is 0 Å². The summed E-state index contributed by atoms with van der Waals surface area (Å²) in [5, 5.41) is 8.54. The highest BCUT2D eigenvalue weighted by molar-refractivity contribution is 7.87. The molecule has 0 aliphatic carbocycles. The first kappa shape index (κ1) is 14.3. The topological polar surface area (TPSA) is 122 Å². The van der Waals surface area contributed by atoms with Crippen LogP contribution in [0.4, 0.5) is 0 Å². The fourth-order valence-electron chi connectivity index (χ4n) is 1.34. The fourth-order valence-corrected chi connectivity index (χ4v) is 2.59. The van der Waals surface area contributed by atoms with E-state index in [1.54, 1.807) is 0 Å². The second-order valence-electron chi connectivity index (χ2n) is 3.66. The molecule has 0 aromatic rings. The number of ether oxygens (including phenoxy) is 1. The molecule has 100 valence electrons. The molecular weight excluding hydrogens is 250 g/mol. The summed E-state index contributed by atoms with van der Waals surface area (Å²) >= 11 is 0. The van der Waals surface area contributed by atoms with E-state index in [2.05, 4.69) is 4.72 Å². The maximum Gasteiger partial charge on any atom is 0.321 e. The Morgan fingerprint density at radius 1 is 1.47 bits per heavy atom. The molecule has 1 rings (SSSR count). The van der Waals surface area contributed by atoms with Crippen molar-refractivity contribution < 1.29 is 23.1 Å². The molecule has 0 saturated carbocycles. The summed E-state index contributed by atoms with van der Waals surface area (Å²) in [6.07, 6.45) is 0.617. The van der Waals surface area contributed by atoms with E-state index < -0.39 is 22.2 Å². The molecule has 9 heteroatoms. The summed E-state index contributed by atoms with van der Waals surface area (Å²) in [5.74, 6) is -1.24. The van der Waals surface area contributed by atoms with E-state index in [0.29, 0.717) is 26.2 Å². The van der Waals surface area contributed by atoms with Crippen LogP contribution in [0.5, 0.6) is 0 Å². The molecule has 0 aromatic heterocycles. The highest BCUT2D eigenvalue weighted by Gasteiger charge is 2.24. The van der Waals surface area contributed by atoms with Crippen molar-refractivity contribution in [3.05, 3.63) is 0 Å². The number of nitrogens with two attached hydrogens (primary N) is 1. The molecule has 1 aliphatic rings. The minimum Gasteiger partial charge on any atom is -0.480 e.